The number of allylic oxidation sites excluding steroid dienone is 3. The van der Waals surface area contributed by atoms with Crippen molar-refractivity contribution < 1.29 is 39.8 Å². The normalized spacial score (nSPS) is 20.5. The van der Waals surface area contributed by atoms with Gasteiger partial charge in [0, 0.05) is 6.42 Å². The Morgan fingerprint density at radius 3 is 1.38 bits per heavy atom. The summed E-state index contributed by atoms with van der Waals surface area (Å²) < 4.78 is 11.2. The van der Waals surface area contributed by atoms with Crippen LogP contribution in [0.3, 0.4) is 0 Å². The van der Waals surface area contributed by atoms with Crippen LogP contribution in [-0.4, -0.2) is 87.5 Å². The van der Waals surface area contributed by atoms with E-state index in [1.54, 1.807) is 6.08 Å². The Morgan fingerprint density at radius 2 is 0.934 bits per heavy atom. The van der Waals surface area contributed by atoms with Gasteiger partial charge >= 0.3 is 0 Å². The van der Waals surface area contributed by atoms with Crippen LogP contribution in [-0.2, 0) is 14.3 Å². The topological polar surface area (TPSA) is 149 Å². The van der Waals surface area contributed by atoms with Gasteiger partial charge < -0.3 is 40.3 Å². The van der Waals surface area contributed by atoms with Crippen LogP contribution in [0.25, 0.3) is 0 Å². The van der Waals surface area contributed by atoms with Gasteiger partial charge in [0.05, 0.1) is 25.4 Å². The zero-order valence-corrected chi connectivity index (χ0v) is 39.7. The molecule has 0 spiro atoms. The van der Waals surface area contributed by atoms with Gasteiger partial charge in [-0.1, -0.05) is 231 Å². The van der Waals surface area contributed by atoms with Crippen LogP contribution in [0.4, 0.5) is 0 Å². The van der Waals surface area contributed by atoms with Crippen LogP contribution in [0, 0.1) is 0 Å². The summed E-state index contributed by atoms with van der Waals surface area (Å²) in [6.45, 7) is 3.75. The highest BCUT2D eigenvalue weighted by Crippen LogP contribution is 2.23. The molecule has 0 saturated carbocycles. The largest absolute Gasteiger partial charge is 0.394 e. The molecule has 1 saturated heterocycles. The molecule has 1 amide bonds. The molecule has 1 heterocycles. The van der Waals surface area contributed by atoms with Gasteiger partial charge in [-0.3, -0.25) is 4.79 Å². The summed E-state index contributed by atoms with van der Waals surface area (Å²) in [6, 6.07) is -0.816. The summed E-state index contributed by atoms with van der Waals surface area (Å²) in [5, 5.41) is 54.2. The molecule has 7 atom stereocenters. The van der Waals surface area contributed by atoms with Crippen molar-refractivity contribution in [1.29, 1.82) is 0 Å². The monoisotopic (exact) mass is 866 g/mol. The van der Waals surface area contributed by atoms with Gasteiger partial charge in [-0.05, 0) is 32.1 Å². The summed E-state index contributed by atoms with van der Waals surface area (Å²) in [6.07, 6.45) is 45.4. The Morgan fingerprint density at radius 1 is 0.541 bits per heavy atom. The minimum absolute atomic E-state index is 0.184. The average molecular weight is 866 g/mol. The van der Waals surface area contributed by atoms with E-state index < -0.39 is 49.5 Å². The molecular formula is C52H99NO8. The number of rotatable bonds is 44. The zero-order valence-electron chi connectivity index (χ0n) is 39.7. The number of aliphatic hydroxyl groups is 5. The summed E-state index contributed by atoms with van der Waals surface area (Å²) in [5.41, 5.74) is 0. The molecule has 0 aromatic heterocycles. The smallest absolute Gasteiger partial charge is 0.220 e. The Kier molecular flexibility index (Phi) is 40.3. The maximum atomic E-state index is 13.0. The molecule has 1 rings (SSSR count). The number of amides is 1. The molecule has 9 nitrogen and oxygen atoms in total. The first-order valence-electron chi connectivity index (χ1n) is 26.1. The molecule has 0 aromatic carbocycles. The summed E-state index contributed by atoms with van der Waals surface area (Å²) in [7, 11) is 0. The van der Waals surface area contributed by atoms with Crippen LogP contribution in [0.5, 0.6) is 0 Å². The predicted molar refractivity (Wildman–Crippen MR) is 253 cm³/mol. The van der Waals surface area contributed by atoms with Crippen molar-refractivity contribution in [1.82, 2.24) is 5.32 Å². The van der Waals surface area contributed by atoms with Crippen molar-refractivity contribution in [3.05, 3.63) is 24.3 Å². The zero-order chi connectivity index (χ0) is 44.4. The lowest BCUT2D eigenvalue weighted by Gasteiger charge is -2.40. The highest BCUT2D eigenvalue weighted by atomic mass is 16.7. The third-order valence-electron chi connectivity index (χ3n) is 12.5. The quantitative estimate of drug-likeness (QED) is 0.0262. The molecule has 0 aromatic rings. The maximum Gasteiger partial charge on any atom is 0.220 e. The number of aliphatic hydroxyl groups excluding tert-OH is 5. The number of hydrogen-bond acceptors (Lipinski definition) is 8. The third kappa shape index (κ3) is 32.9. The predicted octanol–water partition coefficient (Wildman–Crippen LogP) is 11.8. The van der Waals surface area contributed by atoms with Crippen molar-refractivity contribution in [2.24, 2.45) is 0 Å². The number of carbonyl (C=O) groups is 1. The first-order chi connectivity index (χ1) is 29.8. The summed E-state index contributed by atoms with van der Waals surface area (Å²) in [4.78, 5) is 13.0. The molecule has 6 N–H and O–H groups in total. The van der Waals surface area contributed by atoms with E-state index in [-0.39, 0.29) is 12.5 Å². The lowest BCUT2D eigenvalue weighted by Crippen LogP contribution is -2.60. The SMILES string of the molecule is CCCCCCC/C=C/CC/C=C/C(O)C(COC1OC(CO)C(O)C(O)C1O)NC(=O)CCCCCCCCCCCCCCCCCCCCCCCCCCCCC. The Bertz CT molecular complexity index is 1010. The van der Waals surface area contributed by atoms with Gasteiger partial charge in [0.2, 0.25) is 5.91 Å². The summed E-state index contributed by atoms with van der Waals surface area (Å²) >= 11 is 0. The van der Waals surface area contributed by atoms with E-state index >= 15 is 0 Å². The Labute approximate surface area is 375 Å². The molecule has 0 radical (unpaired) electrons. The highest BCUT2D eigenvalue weighted by molar-refractivity contribution is 5.76. The molecule has 0 aliphatic carbocycles. The second-order valence-electron chi connectivity index (χ2n) is 18.3. The number of carbonyl (C=O) groups excluding carboxylic acids is 1. The highest BCUT2D eigenvalue weighted by Gasteiger charge is 2.44. The standard InChI is InChI=1S/C52H99NO8/c1-3-5-7-9-11-13-15-16-17-18-19-20-21-22-23-24-25-26-27-28-29-30-32-34-36-38-40-42-48(56)53-45(44-60-52-51(59)50(58)49(57)47(43-54)61-52)46(55)41-39-37-35-33-31-14-12-10-8-6-4-2/h31,33,39,41,45-47,49-52,54-55,57-59H,3-30,32,34-38,40,42-44H2,1-2H3,(H,53,56)/b33-31+,41-39+. The molecule has 1 aliphatic rings. The lowest BCUT2D eigenvalue weighted by atomic mass is 9.99. The fourth-order valence-corrected chi connectivity index (χ4v) is 8.35. The van der Waals surface area contributed by atoms with Gasteiger partial charge in [-0.25, -0.2) is 0 Å². The van der Waals surface area contributed by atoms with Crippen molar-refractivity contribution in [2.45, 2.75) is 288 Å². The number of nitrogens with one attached hydrogen (secondary N) is 1. The second-order valence-corrected chi connectivity index (χ2v) is 18.3. The molecule has 360 valence electrons. The fourth-order valence-electron chi connectivity index (χ4n) is 8.35. The van der Waals surface area contributed by atoms with Gasteiger partial charge in [0.15, 0.2) is 6.29 Å². The van der Waals surface area contributed by atoms with Crippen molar-refractivity contribution in [2.75, 3.05) is 13.2 Å². The van der Waals surface area contributed by atoms with Crippen molar-refractivity contribution >= 4 is 5.91 Å². The van der Waals surface area contributed by atoms with Crippen LogP contribution < -0.4 is 5.32 Å². The third-order valence-corrected chi connectivity index (χ3v) is 12.5. The van der Waals surface area contributed by atoms with E-state index in [9.17, 15) is 30.3 Å². The second kappa shape index (κ2) is 42.6. The van der Waals surface area contributed by atoms with E-state index in [1.165, 1.54) is 186 Å². The van der Waals surface area contributed by atoms with E-state index in [4.69, 9.17) is 9.47 Å². The van der Waals surface area contributed by atoms with Gasteiger partial charge in [-0.2, -0.15) is 0 Å². The number of ether oxygens (including phenoxy) is 2. The van der Waals surface area contributed by atoms with Gasteiger partial charge in [0.25, 0.3) is 0 Å². The van der Waals surface area contributed by atoms with Gasteiger partial charge in [0.1, 0.15) is 24.4 Å². The Hall–Kier alpha value is -1.33. The van der Waals surface area contributed by atoms with E-state index in [1.807, 2.05) is 6.08 Å². The van der Waals surface area contributed by atoms with E-state index in [0.29, 0.717) is 6.42 Å². The average Bonchev–Trinajstić information content (AvgIpc) is 3.26. The molecule has 7 unspecified atom stereocenters. The molecule has 9 heteroatoms. The first-order valence-corrected chi connectivity index (χ1v) is 26.1. The minimum atomic E-state index is -1.57. The van der Waals surface area contributed by atoms with E-state index in [0.717, 1.165) is 38.5 Å². The molecule has 61 heavy (non-hydrogen) atoms. The van der Waals surface area contributed by atoms with Crippen LogP contribution in [0.1, 0.15) is 245 Å². The number of unbranched alkanes of at least 4 members (excludes halogenated alkanes) is 32. The Balaban J connectivity index is 2.17. The fraction of sp³-hybridized carbons (Fsp3) is 0.904. The van der Waals surface area contributed by atoms with Gasteiger partial charge in [-0.15, -0.1) is 0 Å². The first kappa shape index (κ1) is 57.7. The lowest BCUT2D eigenvalue weighted by molar-refractivity contribution is -0.302. The van der Waals surface area contributed by atoms with E-state index in [2.05, 4.69) is 31.3 Å². The molecule has 1 fully saturated rings. The van der Waals surface area contributed by atoms with Crippen molar-refractivity contribution in [3.8, 4) is 0 Å². The number of hydrogen-bond donors (Lipinski definition) is 6. The van der Waals surface area contributed by atoms with Crippen LogP contribution in [0.2, 0.25) is 0 Å². The molecule has 0 bridgehead atoms. The molecular weight excluding hydrogens is 767 g/mol. The van der Waals surface area contributed by atoms with Crippen molar-refractivity contribution in [3.63, 3.8) is 0 Å². The maximum absolute atomic E-state index is 13.0. The minimum Gasteiger partial charge on any atom is -0.394 e. The van der Waals surface area contributed by atoms with Crippen LogP contribution in [0.15, 0.2) is 24.3 Å². The van der Waals surface area contributed by atoms with Crippen LogP contribution >= 0.6 is 0 Å². The molecule has 1 aliphatic heterocycles. The summed E-state index contributed by atoms with van der Waals surface area (Å²) in [5.74, 6) is -0.184.